The maximum Gasteiger partial charge on any atom is 0.321 e. The predicted octanol–water partition coefficient (Wildman–Crippen LogP) is 0.803. The molecule has 2 rings (SSSR count). The fourth-order valence-electron chi connectivity index (χ4n) is 2.33. The van der Waals surface area contributed by atoms with Crippen LogP contribution in [0, 0.1) is 11.8 Å². The molecule has 0 aromatic heterocycles. The van der Waals surface area contributed by atoms with Crippen molar-refractivity contribution in [3.63, 3.8) is 0 Å². The highest BCUT2D eigenvalue weighted by molar-refractivity contribution is 5.95. The molecule has 4 heteroatoms. The van der Waals surface area contributed by atoms with Crippen molar-refractivity contribution in [1.82, 2.24) is 0 Å². The Morgan fingerprint density at radius 3 is 2.77 bits per heavy atom. The summed E-state index contributed by atoms with van der Waals surface area (Å²) in [6.45, 7) is 0. The van der Waals surface area contributed by atoms with Gasteiger partial charge in [0.1, 0.15) is 6.10 Å². The number of hydrogen-bond acceptors (Lipinski definition) is 3. The molecule has 0 unspecified atom stereocenters. The van der Waals surface area contributed by atoms with E-state index in [1.165, 1.54) is 0 Å². The van der Waals surface area contributed by atoms with Gasteiger partial charge in [0.15, 0.2) is 5.92 Å². The monoisotopic (exact) mass is 184 g/mol. The molecular formula is C9H12O4. The molecule has 0 spiro atoms. The average Bonchev–Trinajstić information content (AvgIpc) is 2.39. The van der Waals surface area contributed by atoms with Gasteiger partial charge in [-0.1, -0.05) is 6.42 Å². The van der Waals surface area contributed by atoms with Crippen molar-refractivity contribution in [3.05, 3.63) is 0 Å². The number of esters is 1. The number of rotatable bonds is 1. The van der Waals surface area contributed by atoms with Crippen molar-refractivity contribution < 1.29 is 19.4 Å². The van der Waals surface area contributed by atoms with Gasteiger partial charge in [-0.15, -0.1) is 0 Å². The minimum Gasteiger partial charge on any atom is -0.481 e. The number of fused-ring (bicyclic) bond motifs is 1. The van der Waals surface area contributed by atoms with Crippen LogP contribution in [-0.4, -0.2) is 23.1 Å². The van der Waals surface area contributed by atoms with Crippen molar-refractivity contribution in [3.8, 4) is 0 Å². The largest absolute Gasteiger partial charge is 0.481 e. The maximum atomic E-state index is 11.2. The number of carboxylic acids is 1. The van der Waals surface area contributed by atoms with Crippen molar-refractivity contribution in [2.24, 2.45) is 11.8 Å². The first kappa shape index (κ1) is 8.53. The zero-order valence-corrected chi connectivity index (χ0v) is 7.23. The summed E-state index contributed by atoms with van der Waals surface area (Å²) in [6, 6.07) is 0. The van der Waals surface area contributed by atoms with Gasteiger partial charge in [0.05, 0.1) is 0 Å². The first-order valence-corrected chi connectivity index (χ1v) is 4.63. The SMILES string of the molecule is O=C(O)[C@@H]1C(=O)O[C@H]2CCCC[C@H]12. The highest BCUT2D eigenvalue weighted by Crippen LogP contribution is 2.38. The lowest BCUT2D eigenvalue weighted by atomic mass is 9.80. The molecule has 72 valence electrons. The second-order valence-electron chi connectivity index (χ2n) is 3.74. The number of carbonyl (C=O) groups is 2. The lowest BCUT2D eigenvalue weighted by molar-refractivity contribution is -0.153. The van der Waals surface area contributed by atoms with Crippen LogP contribution in [0.5, 0.6) is 0 Å². The summed E-state index contributed by atoms with van der Waals surface area (Å²) in [5.74, 6) is -2.53. The van der Waals surface area contributed by atoms with Crippen LogP contribution >= 0.6 is 0 Å². The second kappa shape index (κ2) is 3.01. The van der Waals surface area contributed by atoms with E-state index in [4.69, 9.17) is 9.84 Å². The van der Waals surface area contributed by atoms with Gasteiger partial charge in [0.2, 0.25) is 0 Å². The highest BCUT2D eigenvalue weighted by atomic mass is 16.6. The van der Waals surface area contributed by atoms with Gasteiger partial charge in [-0.05, 0) is 19.3 Å². The van der Waals surface area contributed by atoms with E-state index < -0.39 is 17.9 Å². The molecule has 0 amide bonds. The third-order valence-electron chi connectivity index (χ3n) is 2.97. The fourth-order valence-corrected chi connectivity index (χ4v) is 2.33. The van der Waals surface area contributed by atoms with Gasteiger partial charge in [0, 0.05) is 5.92 Å². The minimum atomic E-state index is -1.03. The zero-order chi connectivity index (χ0) is 9.42. The molecule has 0 radical (unpaired) electrons. The lowest BCUT2D eigenvalue weighted by Gasteiger charge is -2.23. The van der Waals surface area contributed by atoms with Gasteiger partial charge >= 0.3 is 11.9 Å². The van der Waals surface area contributed by atoms with Crippen LogP contribution in [-0.2, 0) is 14.3 Å². The van der Waals surface area contributed by atoms with Crippen LogP contribution < -0.4 is 0 Å². The van der Waals surface area contributed by atoms with Crippen molar-refractivity contribution in [2.75, 3.05) is 0 Å². The molecule has 0 aromatic rings. The molecule has 1 N–H and O–H groups in total. The van der Waals surface area contributed by atoms with E-state index in [2.05, 4.69) is 0 Å². The first-order valence-electron chi connectivity index (χ1n) is 4.63. The van der Waals surface area contributed by atoms with Gasteiger partial charge in [-0.25, -0.2) is 0 Å². The molecule has 1 saturated heterocycles. The van der Waals surface area contributed by atoms with Gasteiger partial charge < -0.3 is 9.84 Å². The summed E-state index contributed by atoms with van der Waals surface area (Å²) in [5, 5.41) is 8.82. The van der Waals surface area contributed by atoms with Crippen LogP contribution in [0.3, 0.4) is 0 Å². The van der Waals surface area contributed by atoms with E-state index in [-0.39, 0.29) is 12.0 Å². The Labute approximate surface area is 75.9 Å². The Bertz CT molecular complexity index is 248. The predicted molar refractivity (Wildman–Crippen MR) is 43.0 cm³/mol. The van der Waals surface area contributed by atoms with Crippen molar-refractivity contribution >= 4 is 11.9 Å². The summed E-state index contributed by atoms with van der Waals surface area (Å²) in [7, 11) is 0. The maximum absolute atomic E-state index is 11.2. The van der Waals surface area contributed by atoms with Crippen LogP contribution in [0.2, 0.25) is 0 Å². The smallest absolute Gasteiger partial charge is 0.321 e. The minimum absolute atomic E-state index is 0.0706. The number of ether oxygens (including phenoxy) is 1. The molecule has 1 aliphatic carbocycles. The number of carbonyl (C=O) groups excluding carboxylic acids is 1. The Morgan fingerprint density at radius 2 is 2.08 bits per heavy atom. The van der Waals surface area contributed by atoms with Gasteiger partial charge in [-0.2, -0.15) is 0 Å². The highest BCUT2D eigenvalue weighted by Gasteiger charge is 2.49. The molecule has 1 saturated carbocycles. The van der Waals surface area contributed by atoms with Crippen LogP contribution in [0.1, 0.15) is 25.7 Å². The Morgan fingerprint density at radius 1 is 1.38 bits per heavy atom. The Kier molecular flexibility index (Phi) is 1.98. The van der Waals surface area contributed by atoms with Crippen molar-refractivity contribution in [1.29, 1.82) is 0 Å². The normalized spacial score (nSPS) is 38.2. The third-order valence-corrected chi connectivity index (χ3v) is 2.97. The number of hydrogen-bond donors (Lipinski definition) is 1. The number of carboxylic acid groups (broad SMARTS) is 1. The molecular weight excluding hydrogens is 172 g/mol. The fraction of sp³-hybridized carbons (Fsp3) is 0.778. The molecule has 3 atom stereocenters. The summed E-state index contributed by atoms with van der Waals surface area (Å²) in [6.07, 6.45) is 3.58. The van der Waals surface area contributed by atoms with Crippen LogP contribution in [0.15, 0.2) is 0 Å². The number of aliphatic carboxylic acids is 1. The summed E-state index contributed by atoms with van der Waals surface area (Å²) < 4.78 is 5.02. The zero-order valence-electron chi connectivity index (χ0n) is 7.23. The quantitative estimate of drug-likeness (QED) is 0.483. The van der Waals surface area contributed by atoms with E-state index in [0.29, 0.717) is 0 Å². The van der Waals surface area contributed by atoms with E-state index in [9.17, 15) is 9.59 Å². The molecule has 13 heavy (non-hydrogen) atoms. The van der Waals surface area contributed by atoms with Gasteiger partial charge in [0.25, 0.3) is 0 Å². The molecule has 2 fully saturated rings. The molecule has 1 aliphatic heterocycles. The summed E-state index contributed by atoms with van der Waals surface area (Å²) >= 11 is 0. The first-order chi connectivity index (χ1) is 6.20. The van der Waals surface area contributed by atoms with E-state index in [0.717, 1.165) is 25.7 Å². The molecule has 4 nitrogen and oxygen atoms in total. The second-order valence-corrected chi connectivity index (χ2v) is 3.74. The molecule has 0 bridgehead atoms. The third kappa shape index (κ3) is 1.30. The Balaban J connectivity index is 2.18. The van der Waals surface area contributed by atoms with E-state index >= 15 is 0 Å². The lowest BCUT2D eigenvalue weighted by Crippen LogP contribution is -2.29. The van der Waals surface area contributed by atoms with Crippen LogP contribution in [0.25, 0.3) is 0 Å². The molecule has 1 heterocycles. The standard InChI is InChI=1S/C9H12O4/c10-8(11)7-5-3-1-2-4-6(5)13-9(7)12/h5-7H,1-4H2,(H,10,11)/t5-,6-,7+/m0/s1. The molecule has 0 aromatic carbocycles. The van der Waals surface area contributed by atoms with E-state index in [1.54, 1.807) is 0 Å². The van der Waals surface area contributed by atoms with Crippen LogP contribution in [0.4, 0.5) is 0 Å². The average molecular weight is 184 g/mol. The van der Waals surface area contributed by atoms with Gasteiger partial charge in [-0.3, -0.25) is 9.59 Å². The Hall–Kier alpha value is -1.06. The summed E-state index contributed by atoms with van der Waals surface area (Å²) in [5.41, 5.74) is 0. The van der Waals surface area contributed by atoms with E-state index in [1.807, 2.05) is 0 Å². The summed E-state index contributed by atoms with van der Waals surface area (Å²) in [4.78, 5) is 21.9. The van der Waals surface area contributed by atoms with Crippen molar-refractivity contribution in [2.45, 2.75) is 31.8 Å². The topological polar surface area (TPSA) is 63.6 Å². The molecule has 2 aliphatic rings.